The monoisotopic (exact) mass is 348 g/mol. The van der Waals surface area contributed by atoms with Gasteiger partial charge in [0, 0.05) is 13.2 Å². The van der Waals surface area contributed by atoms with Gasteiger partial charge in [-0.2, -0.15) is 0 Å². The van der Waals surface area contributed by atoms with E-state index in [4.69, 9.17) is 0 Å². The van der Waals surface area contributed by atoms with E-state index in [-0.39, 0.29) is 16.1 Å². The maximum atomic E-state index is 12.7. The third-order valence-electron chi connectivity index (χ3n) is 4.08. The van der Waals surface area contributed by atoms with Gasteiger partial charge in [0.25, 0.3) is 15.6 Å². The number of aryl methyl sites for hydroxylation is 2. The van der Waals surface area contributed by atoms with Crippen molar-refractivity contribution < 1.29 is 18.3 Å². The van der Waals surface area contributed by atoms with Gasteiger partial charge in [0.05, 0.1) is 10.5 Å². The quantitative estimate of drug-likeness (QED) is 0.868. The third-order valence-corrected chi connectivity index (χ3v) is 5.51. The minimum absolute atomic E-state index is 0.0687. The number of carboxylic acids is 1. The van der Waals surface area contributed by atoms with E-state index in [0.717, 1.165) is 18.1 Å². The SMILES string of the molecule is Cn1cccc(NS(=O)(=O)c2cc(C(=O)O)cc3c2CCC3)c1=O. The molecular formula is C16H16N2O5S. The Labute approximate surface area is 138 Å². The van der Waals surface area contributed by atoms with E-state index < -0.39 is 21.6 Å². The van der Waals surface area contributed by atoms with Gasteiger partial charge in [0.15, 0.2) is 0 Å². The number of benzene rings is 1. The van der Waals surface area contributed by atoms with Crippen LogP contribution in [-0.2, 0) is 29.9 Å². The van der Waals surface area contributed by atoms with E-state index in [2.05, 4.69) is 4.72 Å². The van der Waals surface area contributed by atoms with Crippen LogP contribution in [0.25, 0.3) is 0 Å². The van der Waals surface area contributed by atoms with Gasteiger partial charge in [0.1, 0.15) is 5.69 Å². The van der Waals surface area contributed by atoms with Crippen LogP contribution in [0.5, 0.6) is 0 Å². The lowest BCUT2D eigenvalue weighted by molar-refractivity contribution is 0.0696. The average Bonchev–Trinajstić information content (AvgIpc) is 2.98. The molecule has 0 saturated heterocycles. The van der Waals surface area contributed by atoms with E-state index in [1.54, 1.807) is 6.07 Å². The molecule has 0 saturated carbocycles. The Morgan fingerprint density at radius 2 is 2.04 bits per heavy atom. The van der Waals surface area contributed by atoms with E-state index in [1.165, 1.54) is 29.9 Å². The molecular weight excluding hydrogens is 332 g/mol. The number of carboxylic acid groups (broad SMARTS) is 1. The standard InChI is InChI=1S/C16H16N2O5S/c1-18-7-3-6-13(15(18)19)17-24(22,23)14-9-11(16(20)21)8-10-4-2-5-12(10)14/h3,6-9,17H,2,4-5H2,1H3,(H,20,21). The van der Waals surface area contributed by atoms with Crippen molar-refractivity contribution in [3.8, 4) is 0 Å². The summed E-state index contributed by atoms with van der Waals surface area (Å²) in [4.78, 5) is 23.2. The van der Waals surface area contributed by atoms with E-state index >= 15 is 0 Å². The first-order valence-electron chi connectivity index (χ1n) is 7.37. The highest BCUT2D eigenvalue weighted by Gasteiger charge is 2.26. The van der Waals surface area contributed by atoms with Crippen LogP contribution in [0.4, 0.5) is 5.69 Å². The lowest BCUT2D eigenvalue weighted by atomic mass is 10.1. The minimum atomic E-state index is -4.06. The van der Waals surface area contributed by atoms with Crippen molar-refractivity contribution in [3.63, 3.8) is 0 Å². The van der Waals surface area contributed by atoms with Gasteiger partial charge in [-0.15, -0.1) is 0 Å². The number of nitrogens with zero attached hydrogens (tertiary/aromatic N) is 1. The van der Waals surface area contributed by atoms with Crippen LogP contribution in [0.15, 0.2) is 40.2 Å². The van der Waals surface area contributed by atoms with E-state index in [1.807, 2.05) is 0 Å². The summed E-state index contributed by atoms with van der Waals surface area (Å²) in [6.07, 6.45) is 3.50. The maximum Gasteiger partial charge on any atom is 0.335 e. The first kappa shape index (κ1) is 16.3. The van der Waals surface area contributed by atoms with Crippen molar-refractivity contribution in [1.29, 1.82) is 0 Å². The summed E-state index contributed by atoms with van der Waals surface area (Å²) in [6.45, 7) is 0. The molecule has 3 rings (SSSR count). The summed E-state index contributed by atoms with van der Waals surface area (Å²) in [5.74, 6) is -1.18. The highest BCUT2D eigenvalue weighted by atomic mass is 32.2. The Kier molecular flexibility index (Phi) is 3.92. The Morgan fingerprint density at radius 3 is 2.75 bits per heavy atom. The van der Waals surface area contributed by atoms with Crippen LogP contribution in [-0.4, -0.2) is 24.1 Å². The van der Waals surface area contributed by atoms with Gasteiger partial charge in [-0.1, -0.05) is 0 Å². The molecule has 7 nitrogen and oxygen atoms in total. The van der Waals surface area contributed by atoms with Crippen LogP contribution in [0, 0.1) is 0 Å². The van der Waals surface area contributed by atoms with Gasteiger partial charge in [-0.3, -0.25) is 9.52 Å². The molecule has 0 bridgehead atoms. The Bertz CT molecular complexity index is 992. The lowest BCUT2D eigenvalue weighted by Gasteiger charge is -2.13. The number of aromatic carboxylic acids is 1. The van der Waals surface area contributed by atoms with Gasteiger partial charge >= 0.3 is 5.97 Å². The second-order valence-corrected chi connectivity index (χ2v) is 7.37. The minimum Gasteiger partial charge on any atom is -0.478 e. The Balaban J connectivity index is 2.12. The molecule has 1 aliphatic rings. The van der Waals surface area contributed by atoms with E-state index in [0.29, 0.717) is 18.4 Å². The first-order valence-corrected chi connectivity index (χ1v) is 8.85. The normalized spacial score (nSPS) is 13.5. The number of carbonyl (C=O) groups is 1. The number of sulfonamides is 1. The van der Waals surface area contributed by atoms with Gasteiger partial charge < -0.3 is 9.67 Å². The van der Waals surface area contributed by atoms with Crippen molar-refractivity contribution in [2.45, 2.75) is 24.2 Å². The second-order valence-electron chi connectivity index (χ2n) is 5.71. The molecule has 0 atom stereocenters. The summed E-state index contributed by atoms with van der Waals surface area (Å²) in [5.41, 5.74) is 0.730. The van der Waals surface area contributed by atoms with Crippen LogP contribution >= 0.6 is 0 Å². The molecule has 0 fully saturated rings. The molecule has 0 aliphatic heterocycles. The number of hydrogen-bond donors (Lipinski definition) is 2. The largest absolute Gasteiger partial charge is 0.478 e. The highest BCUT2D eigenvalue weighted by Crippen LogP contribution is 2.30. The summed E-state index contributed by atoms with van der Waals surface area (Å²) in [5, 5.41) is 9.21. The van der Waals surface area contributed by atoms with Crippen molar-refractivity contribution in [2.75, 3.05) is 4.72 Å². The van der Waals surface area contributed by atoms with Crippen molar-refractivity contribution in [1.82, 2.24) is 4.57 Å². The molecule has 0 spiro atoms. The summed E-state index contributed by atoms with van der Waals surface area (Å²) in [6, 6.07) is 5.60. The summed E-state index contributed by atoms with van der Waals surface area (Å²) in [7, 11) is -2.54. The molecule has 2 N–H and O–H groups in total. The van der Waals surface area contributed by atoms with Crippen LogP contribution in [0.2, 0.25) is 0 Å². The van der Waals surface area contributed by atoms with Gasteiger partial charge in [0.2, 0.25) is 0 Å². The highest BCUT2D eigenvalue weighted by molar-refractivity contribution is 7.92. The zero-order chi connectivity index (χ0) is 17.5. The predicted molar refractivity (Wildman–Crippen MR) is 87.9 cm³/mol. The average molecular weight is 348 g/mol. The number of pyridine rings is 1. The fraction of sp³-hybridized carbons (Fsp3) is 0.250. The molecule has 1 heterocycles. The maximum absolute atomic E-state index is 12.7. The molecule has 1 aliphatic carbocycles. The van der Waals surface area contributed by atoms with Gasteiger partial charge in [-0.05, 0) is 54.7 Å². The van der Waals surface area contributed by atoms with Crippen LogP contribution in [0.1, 0.15) is 27.9 Å². The zero-order valence-electron chi connectivity index (χ0n) is 12.9. The smallest absolute Gasteiger partial charge is 0.335 e. The fourth-order valence-electron chi connectivity index (χ4n) is 2.90. The number of hydrogen-bond acceptors (Lipinski definition) is 4. The topological polar surface area (TPSA) is 105 Å². The van der Waals surface area contributed by atoms with E-state index in [9.17, 15) is 23.1 Å². The summed E-state index contributed by atoms with van der Waals surface area (Å²) < 4.78 is 29.0. The predicted octanol–water partition coefficient (Wildman–Crippen LogP) is 1.37. The first-order chi connectivity index (χ1) is 11.3. The molecule has 0 amide bonds. The fourth-order valence-corrected chi connectivity index (χ4v) is 4.30. The number of fused-ring (bicyclic) bond motifs is 1. The molecule has 2 aromatic rings. The second kappa shape index (κ2) is 5.79. The molecule has 24 heavy (non-hydrogen) atoms. The lowest BCUT2D eigenvalue weighted by Crippen LogP contribution is -2.24. The molecule has 8 heteroatoms. The van der Waals surface area contributed by atoms with Crippen molar-refractivity contribution in [2.24, 2.45) is 7.05 Å². The van der Waals surface area contributed by atoms with Crippen LogP contribution in [0.3, 0.4) is 0 Å². The number of nitrogens with one attached hydrogen (secondary N) is 1. The molecule has 1 aromatic heterocycles. The number of aromatic nitrogens is 1. The molecule has 0 unspecified atom stereocenters. The Hall–Kier alpha value is -2.61. The zero-order valence-corrected chi connectivity index (χ0v) is 13.8. The van der Waals surface area contributed by atoms with Crippen molar-refractivity contribution in [3.05, 3.63) is 57.5 Å². The molecule has 1 aromatic carbocycles. The molecule has 126 valence electrons. The van der Waals surface area contributed by atoms with Gasteiger partial charge in [-0.25, -0.2) is 13.2 Å². The molecule has 0 radical (unpaired) electrons. The summed E-state index contributed by atoms with van der Waals surface area (Å²) >= 11 is 0. The van der Waals surface area contributed by atoms with Crippen molar-refractivity contribution >= 4 is 21.7 Å². The van der Waals surface area contributed by atoms with Crippen LogP contribution < -0.4 is 10.3 Å². The third kappa shape index (κ3) is 2.80. The number of anilines is 1. The Morgan fingerprint density at radius 1 is 1.29 bits per heavy atom. The number of rotatable bonds is 4.